The molecular formula is C24H16F2N6O3. The van der Waals surface area contributed by atoms with Crippen LogP contribution in [-0.2, 0) is 0 Å². The van der Waals surface area contributed by atoms with Crippen molar-refractivity contribution in [3.8, 4) is 17.3 Å². The van der Waals surface area contributed by atoms with Crippen molar-refractivity contribution in [2.75, 3.05) is 5.32 Å². The second kappa shape index (κ2) is 8.78. The zero-order valence-corrected chi connectivity index (χ0v) is 18.1. The number of benzene rings is 2. The smallest absolute Gasteiger partial charge is 0.276 e. The van der Waals surface area contributed by atoms with Gasteiger partial charge in [0.25, 0.3) is 11.5 Å². The molecule has 2 N–H and O–H groups in total. The van der Waals surface area contributed by atoms with Crippen molar-refractivity contribution in [2.24, 2.45) is 0 Å². The van der Waals surface area contributed by atoms with Gasteiger partial charge in [0.05, 0.1) is 11.1 Å². The van der Waals surface area contributed by atoms with E-state index >= 15 is 0 Å². The average Bonchev–Trinajstić information content (AvgIpc) is 3.31. The van der Waals surface area contributed by atoms with Crippen molar-refractivity contribution in [1.82, 2.24) is 24.7 Å². The standard InChI is InChI=1S/C24H16F2N6O3/c1-13-9-20(33)32(16-4-2-3-14(25)10-16)31-21(13)23(34)30-15-5-6-19(18(26)11-15)35-24-17-7-8-27-22(17)28-12-29-24/h2-12H,1H3,(H,30,34)(H,27,28,29). The van der Waals surface area contributed by atoms with Gasteiger partial charge in [-0.15, -0.1) is 0 Å². The SMILES string of the molecule is Cc1cc(=O)n(-c2cccc(F)c2)nc1C(=O)Nc1ccc(Oc2ncnc3[nH]ccc23)c(F)c1. The number of carbonyl (C=O) groups excluding carboxylic acids is 1. The van der Waals surface area contributed by atoms with E-state index in [1.54, 1.807) is 19.2 Å². The number of carbonyl (C=O) groups is 1. The van der Waals surface area contributed by atoms with Crippen LogP contribution in [0, 0.1) is 18.6 Å². The molecule has 0 atom stereocenters. The van der Waals surface area contributed by atoms with Gasteiger partial charge in [-0.05, 0) is 48.9 Å². The van der Waals surface area contributed by atoms with Gasteiger partial charge in [0.15, 0.2) is 17.3 Å². The summed E-state index contributed by atoms with van der Waals surface area (Å²) in [6.07, 6.45) is 2.95. The molecule has 3 aromatic heterocycles. The molecule has 0 aliphatic carbocycles. The van der Waals surface area contributed by atoms with Crippen molar-refractivity contribution < 1.29 is 18.3 Å². The largest absolute Gasteiger partial charge is 0.435 e. The molecule has 0 unspecified atom stereocenters. The van der Waals surface area contributed by atoms with Crippen molar-refractivity contribution in [3.05, 3.63) is 100 Å². The van der Waals surface area contributed by atoms with E-state index in [1.165, 1.54) is 42.7 Å². The van der Waals surface area contributed by atoms with Crippen LogP contribution in [0.3, 0.4) is 0 Å². The first kappa shape index (κ1) is 21.9. The number of amides is 1. The maximum Gasteiger partial charge on any atom is 0.276 e. The van der Waals surface area contributed by atoms with Crippen LogP contribution in [0.5, 0.6) is 11.6 Å². The summed E-state index contributed by atoms with van der Waals surface area (Å²) >= 11 is 0. The summed E-state index contributed by atoms with van der Waals surface area (Å²) < 4.78 is 34.9. The Morgan fingerprint density at radius 2 is 1.94 bits per heavy atom. The summed E-state index contributed by atoms with van der Waals surface area (Å²) in [5.74, 6) is -1.89. The van der Waals surface area contributed by atoms with Crippen LogP contribution in [0.2, 0.25) is 0 Å². The van der Waals surface area contributed by atoms with Gasteiger partial charge in [-0.3, -0.25) is 9.59 Å². The van der Waals surface area contributed by atoms with Crippen LogP contribution in [-0.4, -0.2) is 30.6 Å². The minimum absolute atomic E-state index is 0.0783. The van der Waals surface area contributed by atoms with Crippen LogP contribution in [0.25, 0.3) is 16.7 Å². The molecule has 0 bridgehead atoms. The number of ether oxygens (including phenoxy) is 1. The topological polar surface area (TPSA) is 115 Å². The molecule has 0 aliphatic heterocycles. The maximum atomic E-state index is 14.7. The zero-order valence-electron chi connectivity index (χ0n) is 18.1. The Morgan fingerprint density at radius 1 is 1.09 bits per heavy atom. The molecule has 0 aliphatic rings. The number of nitrogens with zero attached hydrogens (tertiary/aromatic N) is 4. The number of H-pyrrole nitrogens is 1. The molecule has 1 amide bonds. The predicted octanol–water partition coefficient (Wildman–Crippen LogP) is 4.14. The van der Waals surface area contributed by atoms with E-state index in [0.29, 0.717) is 16.6 Å². The number of fused-ring (bicyclic) bond motifs is 1. The lowest BCUT2D eigenvalue weighted by Gasteiger charge is -2.11. The number of aryl methyl sites for hydroxylation is 1. The number of aromatic nitrogens is 5. The second-order valence-electron chi connectivity index (χ2n) is 7.53. The maximum absolute atomic E-state index is 14.7. The molecule has 2 aromatic carbocycles. The number of aromatic amines is 1. The number of hydrogen-bond donors (Lipinski definition) is 2. The number of nitrogens with one attached hydrogen (secondary N) is 2. The average molecular weight is 474 g/mol. The molecular weight excluding hydrogens is 458 g/mol. The second-order valence-corrected chi connectivity index (χ2v) is 7.53. The number of rotatable bonds is 5. The van der Waals surface area contributed by atoms with Crippen LogP contribution >= 0.6 is 0 Å². The Hall–Kier alpha value is -4.93. The third kappa shape index (κ3) is 4.34. The minimum atomic E-state index is -0.737. The van der Waals surface area contributed by atoms with Gasteiger partial charge in [-0.1, -0.05) is 6.07 Å². The van der Waals surface area contributed by atoms with E-state index in [-0.39, 0.29) is 28.7 Å². The van der Waals surface area contributed by atoms with E-state index in [9.17, 15) is 18.4 Å². The Kier molecular flexibility index (Phi) is 5.49. The van der Waals surface area contributed by atoms with Gasteiger partial charge in [0, 0.05) is 24.0 Å². The highest BCUT2D eigenvalue weighted by Gasteiger charge is 2.17. The number of halogens is 2. The Morgan fingerprint density at radius 3 is 2.74 bits per heavy atom. The Bertz CT molecular complexity index is 1650. The first-order valence-electron chi connectivity index (χ1n) is 10.3. The van der Waals surface area contributed by atoms with Crippen LogP contribution in [0.1, 0.15) is 16.1 Å². The molecule has 0 spiro atoms. The summed E-state index contributed by atoms with van der Waals surface area (Å²) in [5, 5.41) is 7.22. The van der Waals surface area contributed by atoms with E-state index in [4.69, 9.17) is 4.74 Å². The summed E-state index contributed by atoms with van der Waals surface area (Å²) in [4.78, 5) is 36.2. The fourth-order valence-electron chi connectivity index (χ4n) is 3.45. The van der Waals surface area contributed by atoms with Gasteiger partial charge in [-0.2, -0.15) is 9.78 Å². The molecule has 0 radical (unpaired) electrons. The summed E-state index contributed by atoms with van der Waals surface area (Å²) in [5.41, 5.74) is 0.544. The lowest BCUT2D eigenvalue weighted by molar-refractivity contribution is 0.102. The van der Waals surface area contributed by atoms with Gasteiger partial charge in [0.2, 0.25) is 5.88 Å². The van der Waals surface area contributed by atoms with Gasteiger partial charge < -0.3 is 15.0 Å². The van der Waals surface area contributed by atoms with Gasteiger partial charge >= 0.3 is 0 Å². The lowest BCUT2D eigenvalue weighted by Crippen LogP contribution is -2.26. The molecule has 35 heavy (non-hydrogen) atoms. The minimum Gasteiger partial charge on any atom is -0.435 e. The molecule has 0 saturated carbocycles. The third-order valence-corrected chi connectivity index (χ3v) is 5.10. The molecule has 5 aromatic rings. The molecule has 5 rings (SSSR count). The van der Waals surface area contributed by atoms with Crippen LogP contribution in [0.4, 0.5) is 14.5 Å². The van der Waals surface area contributed by atoms with E-state index in [0.717, 1.165) is 16.8 Å². The molecule has 3 heterocycles. The monoisotopic (exact) mass is 474 g/mol. The Balaban J connectivity index is 1.39. The fraction of sp³-hybridized carbons (Fsp3) is 0.0417. The quantitative estimate of drug-likeness (QED) is 0.396. The van der Waals surface area contributed by atoms with Gasteiger partial charge in [-0.25, -0.2) is 18.7 Å². The van der Waals surface area contributed by atoms with E-state index in [1.807, 2.05) is 0 Å². The molecule has 9 nitrogen and oxygen atoms in total. The number of anilines is 1. The van der Waals surface area contributed by atoms with Crippen LogP contribution < -0.4 is 15.6 Å². The van der Waals surface area contributed by atoms with Gasteiger partial charge in [0.1, 0.15) is 17.8 Å². The van der Waals surface area contributed by atoms with Crippen molar-refractivity contribution in [3.63, 3.8) is 0 Å². The highest BCUT2D eigenvalue weighted by atomic mass is 19.1. The first-order chi connectivity index (χ1) is 16.9. The molecule has 0 saturated heterocycles. The summed E-state index contributed by atoms with van der Waals surface area (Å²) in [7, 11) is 0. The van der Waals surface area contributed by atoms with E-state index in [2.05, 4.69) is 25.4 Å². The predicted molar refractivity (Wildman–Crippen MR) is 123 cm³/mol. The Labute approximate surface area is 196 Å². The van der Waals surface area contributed by atoms with Crippen molar-refractivity contribution in [1.29, 1.82) is 0 Å². The zero-order chi connectivity index (χ0) is 24.5. The van der Waals surface area contributed by atoms with Crippen LogP contribution in [0.15, 0.2) is 71.9 Å². The lowest BCUT2D eigenvalue weighted by atomic mass is 10.2. The first-order valence-corrected chi connectivity index (χ1v) is 10.3. The van der Waals surface area contributed by atoms with E-state index < -0.39 is 23.1 Å². The number of hydrogen-bond acceptors (Lipinski definition) is 6. The third-order valence-electron chi connectivity index (χ3n) is 5.10. The molecule has 11 heteroatoms. The fourth-order valence-corrected chi connectivity index (χ4v) is 3.45. The molecule has 0 fully saturated rings. The van der Waals surface area contributed by atoms with Crippen molar-refractivity contribution in [2.45, 2.75) is 6.92 Å². The molecule has 174 valence electrons. The normalized spacial score (nSPS) is 10.9. The van der Waals surface area contributed by atoms with Crippen molar-refractivity contribution >= 4 is 22.6 Å². The highest BCUT2D eigenvalue weighted by molar-refractivity contribution is 6.03. The highest BCUT2D eigenvalue weighted by Crippen LogP contribution is 2.29. The summed E-state index contributed by atoms with van der Waals surface area (Å²) in [6, 6.07) is 12.1. The summed E-state index contributed by atoms with van der Waals surface area (Å²) in [6.45, 7) is 1.54.